The molecule has 0 aliphatic carbocycles. The number of nitrogens with one attached hydrogen (secondary N) is 1. The molecule has 25 heavy (non-hydrogen) atoms. The molecule has 1 saturated heterocycles. The normalized spacial score (nSPS) is 29.2. The van der Waals surface area contributed by atoms with Gasteiger partial charge in [0.25, 0.3) is 11.3 Å². The molecule has 0 spiro atoms. The highest BCUT2D eigenvalue weighted by atomic mass is 19.4. The zero-order chi connectivity index (χ0) is 19.0. The second-order valence-electron chi connectivity index (χ2n) is 4.98. The van der Waals surface area contributed by atoms with Gasteiger partial charge in [-0.25, -0.2) is 9.59 Å². The van der Waals surface area contributed by atoms with Crippen LogP contribution in [0.1, 0.15) is 0 Å². The molecule has 1 aromatic heterocycles. The van der Waals surface area contributed by atoms with E-state index in [9.17, 15) is 43.0 Å². The predicted molar refractivity (Wildman–Crippen MR) is 68.8 cm³/mol. The number of nitriles is 1. The lowest BCUT2D eigenvalue weighted by Crippen LogP contribution is -2.50. The SMILES string of the molecule is N#C[C@@]1(n2ccc(=O)[nH]c2=O)O[C@H](COC(=O)C(F)(F)F)C(O)C1O. The maximum absolute atomic E-state index is 12.1. The highest BCUT2D eigenvalue weighted by molar-refractivity contribution is 5.75. The van der Waals surface area contributed by atoms with Gasteiger partial charge in [-0.3, -0.25) is 14.3 Å². The highest BCUT2D eigenvalue weighted by Crippen LogP contribution is 2.34. The minimum atomic E-state index is -5.29. The van der Waals surface area contributed by atoms with Crippen molar-refractivity contribution in [3.63, 3.8) is 0 Å². The number of carbonyl (C=O) groups excluding carboxylic acids is 1. The zero-order valence-electron chi connectivity index (χ0n) is 12.1. The summed E-state index contributed by atoms with van der Waals surface area (Å²) in [5.74, 6) is -2.56. The first-order valence-electron chi connectivity index (χ1n) is 6.54. The Hall–Kier alpha value is -2.69. The molecule has 0 amide bonds. The Bertz CT molecular complexity index is 827. The molecule has 13 heteroatoms. The van der Waals surface area contributed by atoms with E-state index < -0.39 is 54.0 Å². The van der Waals surface area contributed by atoms with Crippen molar-refractivity contribution < 1.29 is 37.7 Å². The van der Waals surface area contributed by atoms with Gasteiger partial charge in [0.05, 0.1) is 0 Å². The maximum Gasteiger partial charge on any atom is 0.490 e. The number of H-pyrrole nitrogens is 1. The van der Waals surface area contributed by atoms with Gasteiger partial charge in [0.2, 0.25) is 0 Å². The van der Waals surface area contributed by atoms with E-state index in [0.717, 1.165) is 12.3 Å². The Morgan fingerprint density at radius 1 is 1.48 bits per heavy atom. The van der Waals surface area contributed by atoms with E-state index in [1.54, 1.807) is 4.98 Å². The van der Waals surface area contributed by atoms with E-state index in [2.05, 4.69) is 4.74 Å². The molecule has 0 aromatic carbocycles. The van der Waals surface area contributed by atoms with Crippen molar-refractivity contribution >= 4 is 5.97 Å². The summed E-state index contributed by atoms with van der Waals surface area (Å²) >= 11 is 0. The van der Waals surface area contributed by atoms with Gasteiger partial charge in [-0.2, -0.15) is 18.4 Å². The van der Waals surface area contributed by atoms with Crippen molar-refractivity contribution in [2.75, 3.05) is 6.61 Å². The van der Waals surface area contributed by atoms with Crippen molar-refractivity contribution in [2.45, 2.75) is 30.2 Å². The molecule has 10 nitrogen and oxygen atoms in total. The van der Waals surface area contributed by atoms with Crippen LogP contribution in [0, 0.1) is 11.3 Å². The van der Waals surface area contributed by atoms with Crippen LogP contribution in [0.2, 0.25) is 0 Å². The molecule has 0 bridgehead atoms. The van der Waals surface area contributed by atoms with Crippen LogP contribution in [0.5, 0.6) is 0 Å². The Balaban J connectivity index is 2.30. The van der Waals surface area contributed by atoms with Crippen LogP contribution in [-0.2, 0) is 20.0 Å². The molecule has 4 atom stereocenters. The van der Waals surface area contributed by atoms with Crippen LogP contribution >= 0.6 is 0 Å². The molecule has 0 radical (unpaired) electrons. The van der Waals surface area contributed by atoms with Gasteiger partial charge < -0.3 is 19.7 Å². The first-order valence-corrected chi connectivity index (χ1v) is 6.54. The van der Waals surface area contributed by atoms with Crippen LogP contribution in [0.15, 0.2) is 21.9 Å². The number of alkyl halides is 3. The van der Waals surface area contributed by atoms with Crippen LogP contribution < -0.4 is 11.2 Å². The number of aromatic amines is 1. The van der Waals surface area contributed by atoms with Gasteiger partial charge in [0.15, 0.2) is 0 Å². The third-order valence-electron chi connectivity index (χ3n) is 3.39. The van der Waals surface area contributed by atoms with Crippen LogP contribution in [-0.4, -0.2) is 56.8 Å². The number of carbonyl (C=O) groups is 1. The highest BCUT2D eigenvalue weighted by Gasteiger charge is 2.57. The molecule has 1 aliphatic heterocycles. The van der Waals surface area contributed by atoms with E-state index in [-0.39, 0.29) is 0 Å². The lowest BCUT2D eigenvalue weighted by atomic mass is 10.0. The quantitative estimate of drug-likeness (QED) is 0.517. The molecule has 2 unspecified atom stereocenters. The molecule has 136 valence electrons. The molecule has 1 aliphatic rings. The molecule has 2 heterocycles. The van der Waals surface area contributed by atoms with Gasteiger partial charge in [0.1, 0.15) is 31.0 Å². The van der Waals surface area contributed by atoms with Gasteiger partial charge in [-0.05, 0) is 0 Å². The average Bonchev–Trinajstić information content (AvgIpc) is 2.77. The Kier molecular flexibility index (Phi) is 4.71. The summed E-state index contributed by atoms with van der Waals surface area (Å²) in [6.07, 6.45) is -10.3. The van der Waals surface area contributed by atoms with Gasteiger partial charge in [-0.15, -0.1) is 0 Å². The fraction of sp³-hybridized carbons (Fsp3) is 0.500. The molecule has 3 N–H and O–H groups in total. The predicted octanol–water partition coefficient (Wildman–Crippen LogP) is -2.06. The van der Waals surface area contributed by atoms with Crippen molar-refractivity contribution in [3.05, 3.63) is 33.1 Å². The number of aliphatic hydroxyl groups is 2. The number of halogens is 3. The van der Waals surface area contributed by atoms with Crippen molar-refractivity contribution in [2.24, 2.45) is 0 Å². The number of hydrogen-bond acceptors (Lipinski definition) is 8. The fourth-order valence-corrected chi connectivity index (χ4v) is 2.20. The van der Waals surface area contributed by atoms with Crippen molar-refractivity contribution in [3.8, 4) is 6.07 Å². The molecule has 2 rings (SSSR count). The number of nitrogens with zero attached hydrogens (tertiary/aromatic N) is 2. The van der Waals surface area contributed by atoms with Gasteiger partial charge in [0, 0.05) is 12.3 Å². The summed E-state index contributed by atoms with van der Waals surface area (Å²) in [7, 11) is 0. The number of hydrogen-bond donors (Lipinski definition) is 3. The van der Waals surface area contributed by atoms with Gasteiger partial charge in [-0.1, -0.05) is 0 Å². The third-order valence-corrected chi connectivity index (χ3v) is 3.39. The molecular formula is C12H10F3N3O7. The summed E-state index contributed by atoms with van der Waals surface area (Å²) in [5, 5.41) is 29.2. The van der Waals surface area contributed by atoms with E-state index >= 15 is 0 Å². The maximum atomic E-state index is 12.1. The summed E-state index contributed by atoms with van der Waals surface area (Å²) in [5.41, 5.74) is -4.54. The average molecular weight is 365 g/mol. The van der Waals surface area contributed by atoms with Gasteiger partial charge >= 0.3 is 17.8 Å². The Morgan fingerprint density at radius 3 is 2.64 bits per heavy atom. The largest absolute Gasteiger partial charge is 0.490 e. The number of rotatable bonds is 3. The standard InChI is InChI=1S/C12H10F3N3O7/c13-12(14,15)9(22)24-3-5-7(20)8(21)11(4-16,25-5)18-2-1-6(19)17-10(18)23/h1-2,5,7-8,20-21H,3H2,(H,17,19,23)/t5-,7?,8?,11-/m1/s1. The first-order chi connectivity index (χ1) is 11.5. The Morgan fingerprint density at radius 2 is 2.12 bits per heavy atom. The molecular weight excluding hydrogens is 355 g/mol. The molecule has 1 fully saturated rings. The van der Waals surface area contributed by atoms with Crippen LogP contribution in [0.25, 0.3) is 0 Å². The first kappa shape index (κ1) is 18.6. The van der Waals surface area contributed by atoms with Crippen LogP contribution in [0.3, 0.4) is 0 Å². The second-order valence-corrected chi connectivity index (χ2v) is 4.98. The zero-order valence-corrected chi connectivity index (χ0v) is 12.1. The second kappa shape index (κ2) is 6.31. The number of esters is 1. The van der Waals surface area contributed by atoms with Crippen molar-refractivity contribution in [1.29, 1.82) is 5.26 Å². The summed E-state index contributed by atoms with van der Waals surface area (Å²) in [4.78, 5) is 35.3. The lowest BCUT2D eigenvalue weighted by Gasteiger charge is -2.26. The third kappa shape index (κ3) is 3.27. The monoisotopic (exact) mass is 365 g/mol. The van der Waals surface area contributed by atoms with Crippen molar-refractivity contribution in [1.82, 2.24) is 9.55 Å². The van der Waals surface area contributed by atoms with E-state index in [0.29, 0.717) is 4.57 Å². The van der Waals surface area contributed by atoms with E-state index in [1.165, 1.54) is 6.07 Å². The molecule has 0 saturated carbocycles. The number of ether oxygens (including phenoxy) is 2. The van der Waals surface area contributed by atoms with E-state index in [4.69, 9.17) is 4.74 Å². The van der Waals surface area contributed by atoms with Crippen LogP contribution in [0.4, 0.5) is 13.2 Å². The lowest BCUT2D eigenvalue weighted by molar-refractivity contribution is -0.205. The fourth-order valence-electron chi connectivity index (χ4n) is 2.20. The summed E-state index contributed by atoms with van der Waals surface area (Å²) in [6.45, 7) is -1.14. The minimum absolute atomic E-state index is 0.452. The number of aliphatic hydroxyl groups excluding tert-OH is 2. The smallest absolute Gasteiger partial charge is 0.456 e. The minimum Gasteiger partial charge on any atom is -0.456 e. The summed E-state index contributed by atoms with van der Waals surface area (Å²) < 4.78 is 45.7. The van der Waals surface area contributed by atoms with E-state index in [1.807, 2.05) is 0 Å². The molecule has 1 aromatic rings. The topological polar surface area (TPSA) is 155 Å². The number of aromatic nitrogens is 2. The summed E-state index contributed by atoms with van der Waals surface area (Å²) in [6, 6.07) is 2.25. The Labute approximate surface area is 135 Å².